The molecular formula is C26H36O7. The molecule has 0 unspecified atom stereocenters. The lowest BCUT2D eigenvalue weighted by Crippen LogP contribution is -2.44. The number of allylic oxidation sites excluding steroid dienone is 3. The maximum atomic E-state index is 12.1. The van der Waals surface area contributed by atoms with Gasteiger partial charge < -0.3 is 18.9 Å². The first kappa shape index (κ1) is 26.4. The zero-order valence-electron chi connectivity index (χ0n) is 20.5. The molecule has 7 nitrogen and oxygen atoms in total. The van der Waals surface area contributed by atoms with Crippen LogP contribution in [0.3, 0.4) is 0 Å². The Morgan fingerprint density at radius 1 is 1.06 bits per heavy atom. The number of carbonyl (C=O) groups is 3. The minimum atomic E-state index is -0.884. The molecule has 0 amide bonds. The van der Waals surface area contributed by atoms with Crippen LogP contribution < -0.4 is 0 Å². The second kappa shape index (κ2) is 11.9. The van der Waals surface area contributed by atoms with E-state index in [1.54, 1.807) is 6.08 Å². The molecule has 182 valence electrons. The number of carbonyl (C=O) groups excluding carboxylic acids is 3. The molecular weight excluding hydrogens is 424 g/mol. The second-order valence-electron chi connectivity index (χ2n) is 9.00. The number of fused-ring (bicyclic) bond motifs is 1. The zero-order valence-corrected chi connectivity index (χ0v) is 20.5. The first-order valence-electron chi connectivity index (χ1n) is 11.3. The summed E-state index contributed by atoms with van der Waals surface area (Å²) in [6, 6.07) is 0. The highest BCUT2D eigenvalue weighted by atomic mass is 16.7. The van der Waals surface area contributed by atoms with Crippen LogP contribution in [0.4, 0.5) is 0 Å². The molecule has 0 radical (unpaired) electrons. The Morgan fingerprint density at radius 3 is 2.30 bits per heavy atom. The largest absolute Gasteiger partial charge is 0.462 e. The van der Waals surface area contributed by atoms with Gasteiger partial charge in [-0.25, -0.2) is 0 Å². The highest BCUT2D eigenvalue weighted by Gasteiger charge is 2.45. The van der Waals surface area contributed by atoms with E-state index < -0.39 is 36.4 Å². The highest BCUT2D eigenvalue weighted by Crippen LogP contribution is 2.44. The van der Waals surface area contributed by atoms with Crippen molar-refractivity contribution in [3.63, 3.8) is 0 Å². The Hall–Kier alpha value is -2.83. The van der Waals surface area contributed by atoms with Crippen molar-refractivity contribution in [1.29, 1.82) is 0 Å². The van der Waals surface area contributed by atoms with Gasteiger partial charge in [0.25, 0.3) is 0 Å². The molecule has 0 saturated heterocycles. The van der Waals surface area contributed by atoms with Gasteiger partial charge in [-0.15, -0.1) is 0 Å². The summed E-state index contributed by atoms with van der Waals surface area (Å²) in [6.07, 6.45) is 6.00. The van der Waals surface area contributed by atoms with E-state index in [1.807, 2.05) is 13.8 Å². The van der Waals surface area contributed by atoms with Crippen LogP contribution in [0.1, 0.15) is 67.2 Å². The quantitative estimate of drug-likeness (QED) is 0.315. The zero-order chi connectivity index (χ0) is 24.7. The van der Waals surface area contributed by atoms with Crippen molar-refractivity contribution in [2.75, 3.05) is 0 Å². The molecule has 1 aliphatic carbocycles. The molecule has 0 N–H and O–H groups in total. The van der Waals surface area contributed by atoms with Gasteiger partial charge in [0, 0.05) is 32.3 Å². The summed E-state index contributed by atoms with van der Waals surface area (Å²) in [7, 11) is 0. The molecule has 0 saturated carbocycles. The predicted molar refractivity (Wildman–Crippen MR) is 124 cm³/mol. The third-order valence-corrected chi connectivity index (χ3v) is 5.77. The fourth-order valence-corrected chi connectivity index (χ4v) is 4.44. The first-order chi connectivity index (χ1) is 15.5. The lowest BCUT2D eigenvalue weighted by atomic mass is 9.74. The van der Waals surface area contributed by atoms with Crippen molar-refractivity contribution in [2.24, 2.45) is 11.8 Å². The topological polar surface area (TPSA) is 88.1 Å². The minimum Gasteiger partial charge on any atom is -0.462 e. The van der Waals surface area contributed by atoms with Gasteiger partial charge in [-0.1, -0.05) is 29.4 Å². The van der Waals surface area contributed by atoms with Crippen LogP contribution in [-0.2, 0) is 33.3 Å². The van der Waals surface area contributed by atoms with Crippen molar-refractivity contribution in [1.82, 2.24) is 0 Å². The summed E-state index contributed by atoms with van der Waals surface area (Å²) in [5, 5.41) is 0. The van der Waals surface area contributed by atoms with Gasteiger partial charge in [-0.3, -0.25) is 14.4 Å². The molecule has 1 heterocycles. The molecule has 7 heteroatoms. The summed E-state index contributed by atoms with van der Waals surface area (Å²) in [5.41, 5.74) is 3.74. The van der Waals surface area contributed by atoms with E-state index in [4.69, 9.17) is 18.9 Å². The maximum Gasteiger partial charge on any atom is 0.305 e. The Balaban J connectivity index is 2.60. The molecule has 33 heavy (non-hydrogen) atoms. The third kappa shape index (κ3) is 7.62. The minimum absolute atomic E-state index is 0.190. The van der Waals surface area contributed by atoms with Crippen molar-refractivity contribution in [3.8, 4) is 0 Å². The Labute approximate surface area is 196 Å². The maximum absolute atomic E-state index is 12.1. The molecule has 0 spiro atoms. The second-order valence-corrected chi connectivity index (χ2v) is 9.00. The van der Waals surface area contributed by atoms with Gasteiger partial charge in [0.05, 0.1) is 12.2 Å². The monoisotopic (exact) mass is 460 g/mol. The summed E-state index contributed by atoms with van der Waals surface area (Å²) in [4.78, 5) is 35.8. The fourth-order valence-electron chi connectivity index (χ4n) is 4.44. The summed E-state index contributed by atoms with van der Waals surface area (Å²) in [6.45, 7) is 14.1. The molecule has 0 aromatic rings. The molecule has 0 aromatic carbocycles. The average molecular weight is 461 g/mol. The van der Waals surface area contributed by atoms with E-state index in [9.17, 15) is 14.4 Å². The van der Waals surface area contributed by atoms with Gasteiger partial charge in [0.1, 0.15) is 0 Å². The molecule has 1 aliphatic heterocycles. The van der Waals surface area contributed by atoms with E-state index in [-0.39, 0.29) is 11.8 Å². The van der Waals surface area contributed by atoms with Crippen molar-refractivity contribution in [2.45, 2.75) is 85.7 Å². The summed E-state index contributed by atoms with van der Waals surface area (Å²) < 4.78 is 22.7. The summed E-state index contributed by atoms with van der Waals surface area (Å²) >= 11 is 0. The van der Waals surface area contributed by atoms with Crippen molar-refractivity contribution in [3.05, 3.63) is 47.3 Å². The van der Waals surface area contributed by atoms with E-state index in [1.165, 1.54) is 32.6 Å². The number of hydrogen-bond donors (Lipinski definition) is 0. The molecule has 0 fully saturated rings. The Morgan fingerprint density at radius 2 is 1.73 bits per heavy atom. The third-order valence-electron chi connectivity index (χ3n) is 5.77. The average Bonchev–Trinajstić information content (AvgIpc) is 2.75. The summed E-state index contributed by atoms with van der Waals surface area (Å²) in [5.74, 6) is -1.95. The van der Waals surface area contributed by atoms with Crippen LogP contribution in [0, 0.1) is 11.8 Å². The van der Waals surface area contributed by atoms with Crippen LogP contribution >= 0.6 is 0 Å². The van der Waals surface area contributed by atoms with Crippen LogP contribution in [0.5, 0.6) is 0 Å². The Kier molecular flexibility index (Phi) is 9.50. The fraction of sp³-hybridized carbons (Fsp3) is 0.577. The van der Waals surface area contributed by atoms with E-state index >= 15 is 0 Å². The van der Waals surface area contributed by atoms with Gasteiger partial charge in [-0.2, -0.15) is 0 Å². The van der Waals surface area contributed by atoms with Crippen molar-refractivity contribution >= 4 is 17.9 Å². The predicted octanol–water partition coefficient (Wildman–Crippen LogP) is 4.93. The molecule has 0 aromatic heterocycles. The van der Waals surface area contributed by atoms with Gasteiger partial charge in [0.2, 0.25) is 6.29 Å². The van der Waals surface area contributed by atoms with Crippen molar-refractivity contribution < 1.29 is 33.3 Å². The van der Waals surface area contributed by atoms with Gasteiger partial charge >= 0.3 is 17.9 Å². The highest BCUT2D eigenvalue weighted by molar-refractivity contribution is 5.68. The Bertz CT molecular complexity index is 860. The smallest absolute Gasteiger partial charge is 0.305 e. The van der Waals surface area contributed by atoms with E-state index in [0.29, 0.717) is 18.4 Å². The normalized spacial score (nSPS) is 26.2. The van der Waals surface area contributed by atoms with E-state index in [2.05, 4.69) is 19.6 Å². The lowest BCUT2D eigenvalue weighted by Gasteiger charge is -2.41. The van der Waals surface area contributed by atoms with Crippen LogP contribution in [0.2, 0.25) is 0 Å². The number of ether oxygens (including phenoxy) is 4. The number of hydrogen-bond acceptors (Lipinski definition) is 7. The molecule has 5 atom stereocenters. The number of rotatable bonds is 6. The van der Waals surface area contributed by atoms with Crippen LogP contribution in [0.15, 0.2) is 47.3 Å². The number of esters is 3. The van der Waals surface area contributed by atoms with Crippen LogP contribution in [0.25, 0.3) is 0 Å². The van der Waals surface area contributed by atoms with Gasteiger partial charge in [0.15, 0.2) is 12.2 Å². The lowest BCUT2D eigenvalue weighted by molar-refractivity contribution is -0.182. The van der Waals surface area contributed by atoms with Gasteiger partial charge in [-0.05, 0) is 52.5 Å². The van der Waals surface area contributed by atoms with Crippen LogP contribution in [-0.4, -0.2) is 36.4 Å². The SMILES string of the molecule is C=C1CC/C=C(\C)CC[C@@H]2C([C@@H](OC(C)=O)[C@H](C=C(C)C)OC(C)=O)=CO[C@H](OC(C)=O)[C@@H]12. The van der Waals surface area contributed by atoms with E-state index in [0.717, 1.165) is 24.0 Å². The molecule has 2 rings (SSSR count). The molecule has 2 aliphatic rings. The molecule has 0 bridgehead atoms. The standard InChI is InChI=1S/C26H36O7/c1-15(2)13-23(31-18(5)27)25(32-19(6)28)22-14-30-26(33-20(7)29)24-17(4)10-8-9-16(3)11-12-21(22)24/h9,13-14,21,23-26H,4,8,10-12H2,1-3,5-7H3/b16-9+/t21-,23+,24+,25-,26-/m1/s1. The first-order valence-corrected chi connectivity index (χ1v) is 11.3.